The molecule has 0 aliphatic carbocycles. The maximum atomic E-state index is 5.46. The van der Waals surface area contributed by atoms with Crippen molar-refractivity contribution in [3.05, 3.63) is 36.5 Å². The molecule has 3 rings (SSSR count). The van der Waals surface area contributed by atoms with E-state index < -0.39 is 0 Å². The summed E-state index contributed by atoms with van der Waals surface area (Å²) in [6, 6.07) is 10.2. The summed E-state index contributed by atoms with van der Waals surface area (Å²) in [7, 11) is 0. The highest BCUT2D eigenvalue weighted by Gasteiger charge is 2.14. The summed E-state index contributed by atoms with van der Waals surface area (Å²) in [5.41, 5.74) is 2.24. The fourth-order valence-corrected chi connectivity index (χ4v) is 2.89. The van der Waals surface area contributed by atoms with Crippen molar-refractivity contribution >= 4 is 23.1 Å². The molecule has 0 unspecified atom stereocenters. The number of nitrogens with zero attached hydrogens (tertiary/aromatic N) is 3. The molecule has 134 valence electrons. The normalized spacial score (nSPS) is 14.4. The minimum Gasteiger partial charge on any atom is -0.378 e. The van der Waals surface area contributed by atoms with Crippen LogP contribution in [0, 0.1) is 0 Å². The van der Waals surface area contributed by atoms with Crippen molar-refractivity contribution in [1.29, 1.82) is 0 Å². The molecule has 0 radical (unpaired) electrons. The van der Waals surface area contributed by atoms with Crippen LogP contribution < -0.4 is 15.5 Å². The Hall–Kier alpha value is -2.34. The number of unbranched alkanes of at least 4 members (excludes halogenated alkanes) is 2. The predicted octanol–water partition coefficient (Wildman–Crippen LogP) is 3.66. The third-order valence-corrected chi connectivity index (χ3v) is 4.24. The number of morpholine rings is 1. The Morgan fingerprint density at radius 2 is 1.96 bits per heavy atom. The molecule has 1 fully saturated rings. The largest absolute Gasteiger partial charge is 0.378 e. The molecule has 1 saturated heterocycles. The smallest absolute Gasteiger partial charge is 0.224 e. The van der Waals surface area contributed by atoms with E-state index in [1.165, 1.54) is 18.5 Å². The summed E-state index contributed by atoms with van der Waals surface area (Å²) in [5.74, 6) is 1.47. The van der Waals surface area contributed by atoms with Crippen molar-refractivity contribution in [3.63, 3.8) is 0 Å². The number of rotatable bonds is 8. The average molecular weight is 341 g/mol. The monoisotopic (exact) mass is 341 g/mol. The van der Waals surface area contributed by atoms with Crippen LogP contribution in [0.15, 0.2) is 36.5 Å². The second kappa shape index (κ2) is 9.22. The van der Waals surface area contributed by atoms with E-state index in [9.17, 15) is 0 Å². The molecule has 0 spiro atoms. The number of nitrogens with one attached hydrogen (secondary N) is 2. The van der Waals surface area contributed by atoms with Gasteiger partial charge in [-0.05, 0) is 24.6 Å². The van der Waals surface area contributed by atoms with E-state index in [0.717, 1.165) is 50.8 Å². The van der Waals surface area contributed by atoms with E-state index in [2.05, 4.69) is 50.6 Å². The highest BCUT2D eigenvalue weighted by molar-refractivity contribution is 5.74. The number of ether oxygens (including phenoxy) is 1. The Morgan fingerprint density at radius 1 is 1.12 bits per heavy atom. The van der Waals surface area contributed by atoms with E-state index in [1.54, 1.807) is 6.20 Å². The van der Waals surface area contributed by atoms with Gasteiger partial charge in [-0.25, -0.2) is 4.98 Å². The van der Waals surface area contributed by atoms with Crippen molar-refractivity contribution in [2.24, 2.45) is 0 Å². The maximum Gasteiger partial charge on any atom is 0.224 e. The van der Waals surface area contributed by atoms with Gasteiger partial charge < -0.3 is 20.3 Å². The van der Waals surface area contributed by atoms with Crippen molar-refractivity contribution in [2.75, 3.05) is 48.4 Å². The SMILES string of the molecule is CCCCCNc1nccc(Nc2ccccc2N2CCOCC2)n1. The highest BCUT2D eigenvalue weighted by atomic mass is 16.5. The Labute approximate surface area is 149 Å². The first-order valence-electron chi connectivity index (χ1n) is 9.12. The van der Waals surface area contributed by atoms with Crippen molar-refractivity contribution < 1.29 is 4.74 Å². The van der Waals surface area contributed by atoms with Crippen LogP contribution in [0.2, 0.25) is 0 Å². The highest BCUT2D eigenvalue weighted by Crippen LogP contribution is 2.28. The Balaban J connectivity index is 1.68. The molecule has 2 heterocycles. The quantitative estimate of drug-likeness (QED) is 0.715. The molecule has 2 N–H and O–H groups in total. The first kappa shape index (κ1) is 17.5. The van der Waals surface area contributed by atoms with E-state index in [1.807, 2.05) is 12.1 Å². The minimum absolute atomic E-state index is 0.671. The molecule has 6 heteroatoms. The van der Waals surface area contributed by atoms with Gasteiger partial charge in [-0.15, -0.1) is 0 Å². The number of benzene rings is 1. The fraction of sp³-hybridized carbons (Fsp3) is 0.474. The van der Waals surface area contributed by atoms with Gasteiger partial charge in [-0.3, -0.25) is 0 Å². The van der Waals surface area contributed by atoms with Crippen LogP contribution in [0.4, 0.5) is 23.1 Å². The number of hydrogen-bond donors (Lipinski definition) is 2. The van der Waals surface area contributed by atoms with Crippen LogP contribution >= 0.6 is 0 Å². The summed E-state index contributed by atoms with van der Waals surface area (Å²) >= 11 is 0. The van der Waals surface area contributed by atoms with Crippen molar-refractivity contribution in [3.8, 4) is 0 Å². The first-order valence-corrected chi connectivity index (χ1v) is 9.12. The summed E-state index contributed by atoms with van der Waals surface area (Å²) in [6.45, 7) is 6.47. The zero-order valence-electron chi connectivity index (χ0n) is 14.9. The molecule has 0 bridgehead atoms. The standard InChI is InChI=1S/C19H27N5O/c1-2-3-6-10-20-19-21-11-9-18(23-19)22-16-7-4-5-8-17(16)24-12-14-25-15-13-24/h4-5,7-9,11H,2-3,6,10,12-15H2,1H3,(H2,20,21,22,23). The molecule has 1 aliphatic rings. The van der Waals surface area contributed by atoms with E-state index in [-0.39, 0.29) is 0 Å². The summed E-state index contributed by atoms with van der Waals surface area (Å²) < 4.78 is 5.46. The molecule has 1 aliphatic heterocycles. The third-order valence-electron chi connectivity index (χ3n) is 4.24. The van der Waals surface area contributed by atoms with Gasteiger partial charge in [0.2, 0.25) is 5.95 Å². The number of hydrogen-bond acceptors (Lipinski definition) is 6. The molecule has 1 aromatic carbocycles. The van der Waals surface area contributed by atoms with Gasteiger partial charge in [0.25, 0.3) is 0 Å². The Kier molecular flexibility index (Phi) is 6.45. The second-order valence-electron chi connectivity index (χ2n) is 6.14. The number of para-hydroxylation sites is 2. The lowest BCUT2D eigenvalue weighted by atomic mass is 10.2. The van der Waals surface area contributed by atoms with Crippen LogP contribution in [-0.4, -0.2) is 42.8 Å². The van der Waals surface area contributed by atoms with E-state index in [0.29, 0.717) is 5.95 Å². The van der Waals surface area contributed by atoms with Crippen molar-refractivity contribution in [2.45, 2.75) is 26.2 Å². The van der Waals surface area contributed by atoms with Gasteiger partial charge in [0.05, 0.1) is 24.6 Å². The van der Waals surface area contributed by atoms with Gasteiger partial charge >= 0.3 is 0 Å². The zero-order valence-corrected chi connectivity index (χ0v) is 14.9. The lowest BCUT2D eigenvalue weighted by molar-refractivity contribution is 0.123. The topological polar surface area (TPSA) is 62.3 Å². The number of anilines is 4. The number of aromatic nitrogens is 2. The molecular formula is C19H27N5O. The molecular weight excluding hydrogens is 314 g/mol. The fourth-order valence-electron chi connectivity index (χ4n) is 2.89. The van der Waals surface area contributed by atoms with Crippen LogP contribution in [0.3, 0.4) is 0 Å². The van der Waals surface area contributed by atoms with Crippen LogP contribution in [0.1, 0.15) is 26.2 Å². The summed E-state index contributed by atoms with van der Waals surface area (Å²) in [4.78, 5) is 11.2. The van der Waals surface area contributed by atoms with Crippen LogP contribution in [0.5, 0.6) is 0 Å². The molecule has 0 atom stereocenters. The summed E-state index contributed by atoms with van der Waals surface area (Å²) in [6.07, 6.45) is 5.35. The van der Waals surface area contributed by atoms with E-state index in [4.69, 9.17) is 4.74 Å². The first-order chi connectivity index (χ1) is 12.4. The van der Waals surface area contributed by atoms with E-state index >= 15 is 0 Å². The maximum absolute atomic E-state index is 5.46. The Morgan fingerprint density at radius 3 is 2.80 bits per heavy atom. The predicted molar refractivity (Wildman–Crippen MR) is 103 cm³/mol. The summed E-state index contributed by atoms with van der Waals surface area (Å²) in [5, 5.41) is 6.73. The Bertz CT molecular complexity index is 658. The average Bonchev–Trinajstić information content (AvgIpc) is 2.67. The third kappa shape index (κ3) is 5.06. The van der Waals surface area contributed by atoms with Crippen LogP contribution in [-0.2, 0) is 4.74 Å². The van der Waals surface area contributed by atoms with Gasteiger partial charge in [0, 0.05) is 25.8 Å². The van der Waals surface area contributed by atoms with Gasteiger partial charge in [0.1, 0.15) is 5.82 Å². The molecule has 2 aromatic rings. The molecule has 25 heavy (non-hydrogen) atoms. The second-order valence-corrected chi connectivity index (χ2v) is 6.14. The minimum atomic E-state index is 0.671. The van der Waals surface area contributed by atoms with Gasteiger partial charge in [-0.1, -0.05) is 31.9 Å². The van der Waals surface area contributed by atoms with Gasteiger partial charge in [0.15, 0.2) is 0 Å². The molecule has 1 aromatic heterocycles. The van der Waals surface area contributed by atoms with Crippen molar-refractivity contribution in [1.82, 2.24) is 9.97 Å². The molecule has 0 saturated carbocycles. The molecule has 0 amide bonds. The zero-order chi connectivity index (χ0) is 17.3. The van der Waals surface area contributed by atoms with Crippen LogP contribution in [0.25, 0.3) is 0 Å². The molecule has 6 nitrogen and oxygen atoms in total. The lowest BCUT2D eigenvalue weighted by Crippen LogP contribution is -2.36. The van der Waals surface area contributed by atoms with Gasteiger partial charge in [-0.2, -0.15) is 4.98 Å². The lowest BCUT2D eigenvalue weighted by Gasteiger charge is -2.30.